The van der Waals surface area contributed by atoms with Crippen LogP contribution >= 0.6 is 0 Å². The van der Waals surface area contributed by atoms with Gasteiger partial charge in [0.15, 0.2) is 0 Å². The zero-order chi connectivity index (χ0) is 10.9. The van der Waals surface area contributed by atoms with Gasteiger partial charge < -0.3 is 10.0 Å². The summed E-state index contributed by atoms with van der Waals surface area (Å²) in [6.07, 6.45) is 10.4. The molecule has 0 aromatic carbocycles. The summed E-state index contributed by atoms with van der Waals surface area (Å²) >= 11 is 0. The Morgan fingerprint density at radius 3 is 2.73 bits per heavy atom. The van der Waals surface area contributed by atoms with Gasteiger partial charge in [-0.15, -0.1) is 0 Å². The monoisotopic (exact) mass is 213 g/mol. The van der Waals surface area contributed by atoms with Crippen LogP contribution < -0.4 is 0 Å². The van der Waals surface area contributed by atoms with Gasteiger partial charge in [0.25, 0.3) is 0 Å². The highest BCUT2D eigenvalue weighted by molar-refractivity contribution is 4.74. The van der Waals surface area contributed by atoms with Gasteiger partial charge in [-0.3, -0.25) is 0 Å². The van der Waals surface area contributed by atoms with E-state index in [4.69, 9.17) is 5.11 Å². The van der Waals surface area contributed by atoms with Gasteiger partial charge in [-0.25, -0.2) is 0 Å². The van der Waals surface area contributed by atoms with Gasteiger partial charge in [-0.05, 0) is 51.6 Å². The molecule has 1 N–H and O–H groups in total. The van der Waals surface area contributed by atoms with Crippen LogP contribution in [0.5, 0.6) is 0 Å². The Morgan fingerprint density at radius 2 is 2.00 bits per heavy atom. The molecule has 0 aromatic heterocycles. The minimum Gasteiger partial charge on any atom is -0.396 e. The van der Waals surface area contributed by atoms with Crippen molar-refractivity contribution < 1.29 is 5.11 Å². The van der Waals surface area contributed by atoms with E-state index in [0.717, 1.165) is 12.5 Å². The molecule has 0 aliphatic carbocycles. The summed E-state index contributed by atoms with van der Waals surface area (Å²) < 4.78 is 0. The number of aliphatic hydroxyl groups excluding tert-OH is 1. The van der Waals surface area contributed by atoms with E-state index in [2.05, 4.69) is 11.8 Å². The molecular weight excluding hydrogens is 186 g/mol. The predicted molar refractivity (Wildman–Crippen MR) is 65.1 cm³/mol. The van der Waals surface area contributed by atoms with E-state index in [-0.39, 0.29) is 0 Å². The lowest BCUT2D eigenvalue weighted by molar-refractivity contribution is 0.188. The number of hydrogen-bond donors (Lipinski definition) is 1. The molecule has 0 unspecified atom stereocenters. The summed E-state index contributed by atoms with van der Waals surface area (Å²) in [5.74, 6) is 0. The van der Waals surface area contributed by atoms with Crippen molar-refractivity contribution in [3.63, 3.8) is 0 Å². The molecule has 1 atom stereocenters. The molecule has 0 spiro atoms. The van der Waals surface area contributed by atoms with Crippen LogP contribution in [0.3, 0.4) is 0 Å². The lowest BCUT2D eigenvalue weighted by Gasteiger charge is -2.29. The first-order valence-electron chi connectivity index (χ1n) is 6.73. The zero-order valence-corrected chi connectivity index (χ0v) is 10.2. The van der Waals surface area contributed by atoms with Crippen LogP contribution in [0.1, 0.15) is 58.3 Å². The van der Waals surface area contributed by atoms with E-state index in [0.29, 0.717) is 6.61 Å². The van der Waals surface area contributed by atoms with Gasteiger partial charge in [0, 0.05) is 12.6 Å². The number of likely N-dealkylation sites (tertiary alicyclic amines) is 1. The molecule has 0 radical (unpaired) electrons. The van der Waals surface area contributed by atoms with Crippen molar-refractivity contribution in [2.75, 3.05) is 19.7 Å². The van der Waals surface area contributed by atoms with E-state index < -0.39 is 0 Å². The molecule has 0 saturated carbocycles. The third kappa shape index (κ3) is 4.98. The van der Waals surface area contributed by atoms with Gasteiger partial charge in [0.2, 0.25) is 0 Å². The highest BCUT2D eigenvalue weighted by Crippen LogP contribution is 2.19. The van der Waals surface area contributed by atoms with E-state index in [9.17, 15) is 0 Å². The maximum absolute atomic E-state index is 8.73. The van der Waals surface area contributed by atoms with Crippen LogP contribution in [0.25, 0.3) is 0 Å². The Balaban J connectivity index is 2.22. The second kappa shape index (κ2) is 8.12. The van der Waals surface area contributed by atoms with Gasteiger partial charge in [0.05, 0.1) is 0 Å². The lowest BCUT2D eigenvalue weighted by atomic mass is 10.1. The molecule has 0 aromatic rings. The molecule has 15 heavy (non-hydrogen) atoms. The minimum atomic E-state index is 0.358. The fourth-order valence-corrected chi connectivity index (χ4v) is 2.60. The zero-order valence-electron chi connectivity index (χ0n) is 10.2. The van der Waals surface area contributed by atoms with E-state index in [1.807, 2.05) is 0 Å². The fraction of sp³-hybridized carbons (Fsp3) is 1.00. The molecule has 1 saturated heterocycles. The summed E-state index contributed by atoms with van der Waals surface area (Å²) in [6, 6.07) is 0.835. The lowest BCUT2D eigenvalue weighted by Crippen LogP contribution is -2.35. The Bertz CT molecular complexity index is 149. The molecule has 1 rings (SSSR count). The average molecular weight is 213 g/mol. The minimum absolute atomic E-state index is 0.358. The Labute approximate surface area is 94.7 Å². The summed E-state index contributed by atoms with van der Waals surface area (Å²) in [5, 5.41) is 8.73. The van der Waals surface area contributed by atoms with Crippen molar-refractivity contribution in [3.8, 4) is 0 Å². The Morgan fingerprint density at radius 1 is 1.13 bits per heavy atom. The summed E-state index contributed by atoms with van der Waals surface area (Å²) in [4.78, 5) is 2.68. The van der Waals surface area contributed by atoms with Crippen LogP contribution in [0.15, 0.2) is 0 Å². The highest BCUT2D eigenvalue weighted by atomic mass is 16.2. The smallest absolute Gasteiger partial charge is 0.0431 e. The largest absolute Gasteiger partial charge is 0.396 e. The maximum atomic E-state index is 8.73. The number of nitrogens with zero attached hydrogens (tertiary/aromatic N) is 1. The molecule has 1 aliphatic heterocycles. The Kier molecular flexibility index (Phi) is 7.03. The second-order valence-corrected chi connectivity index (χ2v) is 4.73. The third-order valence-corrected chi connectivity index (χ3v) is 3.57. The summed E-state index contributed by atoms with van der Waals surface area (Å²) in [6.45, 7) is 5.23. The number of aliphatic hydroxyl groups is 1. The van der Waals surface area contributed by atoms with Crippen LogP contribution in [-0.2, 0) is 0 Å². The maximum Gasteiger partial charge on any atom is 0.0431 e. The summed E-state index contributed by atoms with van der Waals surface area (Å²) in [7, 11) is 0. The van der Waals surface area contributed by atoms with Crippen molar-refractivity contribution in [3.05, 3.63) is 0 Å². The van der Waals surface area contributed by atoms with Gasteiger partial charge in [-0.2, -0.15) is 0 Å². The van der Waals surface area contributed by atoms with Crippen molar-refractivity contribution in [1.82, 2.24) is 4.90 Å². The first kappa shape index (κ1) is 13.0. The quantitative estimate of drug-likeness (QED) is 0.686. The van der Waals surface area contributed by atoms with Crippen LogP contribution in [0.2, 0.25) is 0 Å². The normalized spacial score (nSPS) is 24.0. The van der Waals surface area contributed by atoms with Crippen LogP contribution in [0.4, 0.5) is 0 Å². The second-order valence-electron chi connectivity index (χ2n) is 4.73. The first-order valence-corrected chi connectivity index (χ1v) is 6.73. The third-order valence-electron chi connectivity index (χ3n) is 3.57. The fourth-order valence-electron chi connectivity index (χ4n) is 2.60. The average Bonchev–Trinajstić information content (AvgIpc) is 2.49. The molecule has 1 fully saturated rings. The van der Waals surface area contributed by atoms with Crippen molar-refractivity contribution in [2.45, 2.75) is 64.3 Å². The van der Waals surface area contributed by atoms with Gasteiger partial charge in [-0.1, -0.05) is 19.8 Å². The van der Waals surface area contributed by atoms with E-state index >= 15 is 0 Å². The number of unbranched alkanes of at least 4 members (excludes halogenated alkanes) is 2. The first-order chi connectivity index (χ1) is 7.38. The summed E-state index contributed by atoms with van der Waals surface area (Å²) in [5.41, 5.74) is 0. The molecule has 1 aliphatic rings. The molecule has 0 amide bonds. The number of rotatable bonds is 6. The molecule has 1 heterocycles. The SMILES string of the molecule is CC[C@H]1CCCCCN1CCCCCO. The highest BCUT2D eigenvalue weighted by Gasteiger charge is 2.18. The molecule has 90 valence electrons. The molecule has 2 nitrogen and oxygen atoms in total. The number of hydrogen-bond acceptors (Lipinski definition) is 2. The molecular formula is C13H27NO. The van der Waals surface area contributed by atoms with Crippen LogP contribution in [-0.4, -0.2) is 35.7 Å². The van der Waals surface area contributed by atoms with Crippen molar-refractivity contribution in [2.24, 2.45) is 0 Å². The van der Waals surface area contributed by atoms with E-state index in [1.165, 1.54) is 58.0 Å². The topological polar surface area (TPSA) is 23.5 Å². The Hall–Kier alpha value is -0.0800. The van der Waals surface area contributed by atoms with Crippen LogP contribution in [0, 0.1) is 0 Å². The standard InChI is InChI=1S/C13H27NO/c1-2-13-9-5-3-6-10-14(13)11-7-4-8-12-15/h13,15H,2-12H2,1H3/t13-/m0/s1. The predicted octanol–water partition coefficient (Wildman–Crippen LogP) is 2.80. The van der Waals surface area contributed by atoms with E-state index in [1.54, 1.807) is 0 Å². The molecule has 2 heteroatoms. The van der Waals surface area contributed by atoms with Crippen molar-refractivity contribution >= 4 is 0 Å². The van der Waals surface area contributed by atoms with Crippen molar-refractivity contribution in [1.29, 1.82) is 0 Å². The van der Waals surface area contributed by atoms with Gasteiger partial charge >= 0.3 is 0 Å². The van der Waals surface area contributed by atoms with Gasteiger partial charge in [0.1, 0.15) is 0 Å². The molecule has 0 bridgehead atoms.